The molecule has 2 aromatic carbocycles. The molecule has 0 saturated carbocycles. The zero-order valence-corrected chi connectivity index (χ0v) is 18.4. The van der Waals surface area contributed by atoms with E-state index in [1.54, 1.807) is 55.6 Å². The first kappa shape index (κ1) is 21.4. The Hall–Kier alpha value is -2.85. The molecule has 10 heteroatoms. The number of amides is 1. The van der Waals surface area contributed by atoms with E-state index in [1.807, 2.05) is 0 Å². The number of benzene rings is 2. The van der Waals surface area contributed by atoms with Crippen molar-refractivity contribution in [2.45, 2.75) is 17.6 Å². The highest BCUT2D eigenvalue weighted by Crippen LogP contribution is 2.23. The van der Waals surface area contributed by atoms with Crippen LogP contribution in [0.25, 0.3) is 16.6 Å². The van der Waals surface area contributed by atoms with Crippen molar-refractivity contribution in [2.75, 3.05) is 24.4 Å². The minimum absolute atomic E-state index is 0.00525. The van der Waals surface area contributed by atoms with Gasteiger partial charge in [-0.05, 0) is 30.7 Å². The Labute approximate surface area is 183 Å². The normalized spacial score (nSPS) is 17.5. The molecule has 0 bridgehead atoms. The molecular weight excluding hydrogens is 438 g/mol. The third kappa shape index (κ3) is 4.75. The summed E-state index contributed by atoms with van der Waals surface area (Å²) < 4.78 is 29.9. The predicted molar refractivity (Wildman–Crippen MR) is 120 cm³/mol. The van der Waals surface area contributed by atoms with E-state index in [-0.39, 0.29) is 34.8 Å². The van der Waals surface area contributed by atoms with Crippen molar-refractivity contribution in [3.8, 4) is 11.4 Å². The Morgan fingerprint density at radius 2 is 2.06 bits per heavy atom. The summed E-state index contributed by atoms with van der Waals surface area (Å²) in [6.07, 6.45) is 0.418. The Morgan fingerprint density at radius 3 is 2.81 bits per heavy atom. The van der Waals surface area contributed by atoms with Gasteiger partial charge in [0.25, 0.3) is 5.56 Å². The summed E-state index contributed by atoms with van der Waals surface area (Å²) in [5.41, 5.74) is 0.868. The number of rotatable bonds is 6. The van der Waals surface area contributed by atoms with Gasteiger partial charge in [-0.1, -0.05) is 30.0 Å². The molecule has 1 atom stereocenters. The van der Waals surface area contributed by atoms with Crippen molar-refractivity contribution in [3.63, 3.8) is 0 Å². The Kier molecular flexibility index (Phi) is 6.01. The number of fused-ring (bicyclic) bond motifs is 1. The summed E-state index contributed by atoms with van der Waals surface area (Å²) >= 11 is 1.13. The maximum Gasteiger partial charge on any atom is 0.266 e. The highest BCUT2D eigenvalue weighted by Gasteiger charge is 2.29. The molecule has 1 N–H and O–H groups in total. The van der Waals surface area contributed by atoms with Crippen LogP contribution in [-0.2, 0) is 14.6 Å². The third-order valence-corrected chi connectivity index (χ3v) is 7.69. The number of methoxy groups -OCH3 is 1. The number of nitrogens with one attached hydrogen (secondary N) is 1. The van der Waals surface area contributed by atoms with E-state index in [9.17, 15) is 18.0 Å². The average Bonchev–Trinajstić information content (AvgIpc) is 3.10. The highest BCUT2D eigenvalue weighted by molar-refractivity contribution is 7.99. The second-order valence-electron chi connectivity index (χ2n) is 7.21. The molecule has 1 aliphatic heterocycles. The second-order valence-corrected chi connectivity index (χ2v) is 10.4. The molecular formula is C21H21N3O5S2. The van der Waals surface area contributed by atoms with Crippen molar-refractivity contribution < 1.29 is 17.9 Å². The number of nitrogens with zero attached hydrogens (tertiary/aromatic N) is 2. The Balaban J connectivity index is 1.64. The van der Waals surface area contributed by atoms with E-state index in [4.69, 9.17) is 4.74 Å². The zero-order chi connectivity index (χ0) is 22.0. The highest BCUT2D eigenvalue weighted by atomic mass is 32.2. The second kappa shape index (κ2) is 8.72. The quantitative estimate of drug-likeness (QED) is 0.442. The van der Waals surface area contributed by atoms with Gasteiger partial charge in [-0.2, -0.15) is 0 Å². The maximum absolute atomic E-state index is 13.2. The van der Waals surface area contributed by atoms with Crippen molar-refractivity contribution in [2.24, 2.45) is 0 Å². The first-order chi connectivity index (χ1) is 14.9. The molecule has 1 fully saturated rings. The van der Waals surface area contributed by atoms with Gasteiger partial charge < -0.3 is 10.1 Å². The molecule has 0 spiro atoms. The molecule has 8 nitrogen and oxygen atoms in total. The molecule has 162 valence electrons. The number of ether oxygens (including phenoxy) is 1. The van der Waals surface area contributed by atoms with Gasteiger partial charge in [0.1, 0.15) is 5.75 Å². The number of sulfone groups is 1. The van der Waals surface area contributed by atoms with Crippen molar-refractivity contribution >= 4 is 38.4 Å². The first-order valence-electron chi connectivity index (χ1n) is 9.65. The summed E-state index contributed by atoms with van der Waals surface area (Å²) in [7, 11) is -1.53. The van der Waals surface area contributed by atoms with E-state index in [0.717, 1.165) is 11.8 Å². The van der Waals surface area contributed by atoms with Gasteiger partial charge in [0.2, 0.25) is 5.91 Å². The van der Waals surface area contributed by atoms with Crippen LogP contribution < -0.4 is 15.6 Å². The number of carbonyl (C=O) groups excluding carboxylic acids is 1. The predicted octanol–water partition coefficient (Wildman–Crippen LogP) is 1.79. The summed E-state index contributed by atoms with van der Waals surface area (Å²) in [5, 5.41) is 3.59. The molecule has 4 rings (SSSR count). The lowest BCUT2D eigenvalue weighted by molar-refractivity contribution is -0.119. The van der Waals surface area contributed by atoms with E-state index in [2.05, 4.69) is 10.3 Å². The lowest BCUT2D eigenvalue weighted by Gasteiger charge is -2.15. The van der Waals surface area contributed by atoms with Crippen LogP contribution in [0.15, 0.2) is 58.5 Å². The SMILES string of the molecule is COc1cccc(-n2c(SCC(=O)N[C@@H]3CCS(=O)(=O)C3)nc3ccccc3c2=O)c1. The van der Waals surface area contributed by atoms with Crippen LogP contribution in [0, 0.1) is 0 Å². The van der Waals surface area contributed by atoms with Crippen LogP contribution in [0.5, 0.6) is 5.75 Å². The topological polar surface area (TPSA) is 107 Å². The molecule has 1 saturated heterocycles. The minimum Gasteiger partial charge on any atom is -0.497 e. The van der Waals surface area contributed by atoms with Gasteiger partial charge in [0, 0.05) is 12.1 Å². The minimum atomic E-state index is -3.08. The van der Waals surface area contributed by atoms with E-state index in [0.29, 0.717) is 33.9 Å². The number of thioether (sulfide) groups is 1. The maximum atomic E-state index is 13.2. The fourth-order valence-corrected chi connectivity index (χ4v) is 5.99. The van der Waals surface area contributed by atoms with Crippen molar-refractivity contribution in [1.29, 1.82) is 0 Å². The lowest BCUT2D eigenvalue weighted by atomic mass is 10.2. The fourth-order valence-electron chi connectivity index (χ4n) is 3.49. The van der Waals surface area contributed by atoms with Gasteiger partial charge in [-0.15, -0.1) is 0 Å². The van der Waals surface area contributed by atoms with E-state index in [1.165, 1.54) is 4.57 Å². The molecule has 1 amide bonds. The summed E-state index contributed by atoms with van der Waals surface area (Å²) in [5.74, 6) is 0.352. The summed E-state index contributed by atoms with van der Waals surface area (Å²) in [6.45, 7) is 0. The molecule has 1 aliphatic rings. The van der Waals surface area contributed by atoms with Crippen LogP contribution in [0.1, 0.15) is 6.42 Å². The smallest absolute Gasteiger partial charge is 0.266 e. The zero-order valence-electron chi connectivity index (χ0n) is 16.8. The summed E-state index contributed by atoms with van der Waals surface area (Å²) in [6, 6.07) is 13.7. The van der Waals surface area contributed by atoms with Gasteiger partial charge in [0.05, 0.1) is 41.0 Å². The first-order valence-corrected chi connectivity index (χ1v) is 12.5. The van der Waals surface area contributed by atoms with E-state index < -0.39 is 9.84 Å². The van der Waals surface area contributed by atoms with Crippen LogP contribution in [0.3, 0.4) is 0 Å². The third-order valence-electron chi connectivity index (χ3n) is 4.99. The molecule has 3 aromatic rings. The van der Waals surface area contributed by atoms with Gasteiger partial charge in [-0.25, -0.2) is 13.4 Å². The molecule has 0 unspecified atom stereocenters. The summed E-state index contributed by atoms with van der Waals surface area (Å²) in [4.78, 5) is 30.3. The van der Waals surface area contributed by atoms with Gasteiger partial charge in [-0.3, -0.25) is 14.2 Å². The molecule has 1 aromatic heterocycles. The van der Waals surface area contributed by atoms with Gasteiger partial charge in [0.15, 0.2) is 15.0 Å². The van der Waals surface area contributed by atoms with Crippen molar-refractivity contribution in [3.05, 3.63) is 58.9 Å². The van der Waals surface area contributed by atoms with Crippen LogP contribution >= 0.6 is 11.8 Å². The average molecular weight is 460 g/mol. The number of carbonyl (C=O) groups is 1. The monoisotopic (exact) mass is 459 g/mol. The molecule has 2 heterocycles. The number of para-hydroxylation sites is 1. The van der Waals surface area contributed by atoms with Crippen LogP contribution in [0.2, 0.25) is 0 Å². The van der Waals surface area contributed by atoms with Crippen molar-refractivity contribution in [1.82, 2.24) is 14.9 Å². The fraction of sp³-hybridized carbons (Fsp3) is 0.286. The Bertz CT molecular complexity index is 1300. The molecule has 31 heavy (non-hydrogen) atoms. The number of hydrogen-bond acceptors (Lipinski definition) is 7. The van der Waals surface area contributed by atoms with Crippen LogP contribution in [-0.4, -0.2) is 54.3 Å². The standard InChI is InChI=1S/C21H21N3O5S2/c1-29-16-6-4-5-15(11-16)24-20(26)17-7-2-3-8-18(17)23-21(24)30-12-19(25)22-14-9-10-31(27,28)13-14/h2-8,11,14H,9-10,12-13H2,1H3,(H,22,25)/t14-/m1/s1. The number of aromatic nitrogens is 2. The van der Waals surface area contributed by atoms with E-state index >= 15 is 0 Å². The Morgan fingerprint density at radius 1 is 1.26 bits per heavy atom. The van der Waals surface area contributed by atoms with Gasteiger partial charge >= 0.3 is 0 Å². The largest absolute Gasteiger partial charge is 0.497 e. The molecule has 0 aliphatic carbocycles. The lowest BCUT2D eigenvalue weighted by Crippen LogP contribution is -2.36. The molecule has 0 radical (unpaired) electrons. The van der Waals surface area contributed by atoms with Crippen LogP contribution in [0.4, 0.5) is 0 Å². The number of hydrogen-bond donors (Lipinski definition) is 1.